The second kappa shape index (κ2) is 5.94. The summed E-state index contributed by atoms with van der Waals surface area (Å²) in [7, 11) is 0. The Morgan fingerprint density at radius 1 is 1.05 bits per heavy atom. The fraction of sp³-hybridized carbons (Fsp3) is 0.467. The Bertz CT molecular complexity index is 539. The van der Waals surface area contributed by atoms with Crippen LogP contribution in [0.15, 0.2) is 18.2 Å². The lowest BCUT2D eigenvalue weighted by Gasteiger charge is -2.32. The van der Waals surface area contributed by atoms with Crippen molar-refractivity contribution < 1.29 is 9.59 Å². The maximum atomic E-state index is 12.5. The van der Waals surface area contributed by atoms with Gasteiger partial charge in [0.05, 0.1) is 11.1 Å². The standard InChI is InChI=1S/C15H18N2O2.ClH/c1-2-11-7-6-8-12-13(11)15(19)17(14(12)18)16-9-4-3-5-10-16;/h6-8H,2-5,9-10H2,1H3;1H. The van der Waals surface area contributed by atoms with Crippen LogP contribution in [0.25, 0.3) is 0 Å². The Balaban J connectivity index is 0.00000147. The SMILES string of the molecule is CCc1cccc2c1C(=O)N(N1CCCCC1)C2=O.Cl. The molecule has 1 aromatic rings. The van der Waals surface area contributed by atoms with Gasteiger partial charge in [0.15, 0.2) is 0 Å². The molecule has 0 bridgehead atoms. The molecule has 0 aliphatic carbocycles. The van der Waals surface area contributed by atoms with Gasteiger partial charge in [0.1, 0.15) is 0 Å². The summed E-state index contributed by atoms with van der Waals surface area (Å²) in [6, 6.07) is 5.56. The van der Waals surface area contributed by atoms with E-state index >= 15 is 0 Å². The van der Waals surface area contributed by atoms with Gasteiger partial charge in [0.2, 0.25) is 0 Å². The number of imide groups is 1. The Labute approximate surface area is 125 Å². The van der Waals surface area contributed by atoms with E-state index in [4.69, 9.17) is 0 Å². The van der Waals surface area contributed by atoms with E-state index in [1.807, 2.05) is 24.1 Å². The molecule has 2 aliphatic heterocycles. The molecule has 2 aliphatic rings. The molecular weight excluding hydrogens is 276 g/mol. The summed E-state index contributed by atoms with van der Waals surface area (Å²) in [6.07, 6.45) is 4.05. The summed E-state index contributed by atoms with van der Waals surface area (Å²) < 4.78 is 0. The lowest BCUT2D eigenvalue weighted by Crippen LogP contribution is -2.48. The van der Waals surface area contributed by atoms with Crippen LogP contribution in [0.3, 0.4) is 0 Å². The molecule has 2 heterocycles. The highest BCUT2D eigenvalue weighted by molar-refractivity contribution is 6.21. The largest absolute Gasteiger partial charge is 0.276 e. The van der Waals surface area contributed by atoms with Crippen LogP contribution < -0.4 is 0 Å². The molecule has 0 atom stereocenters. The number of nitrogens with zero attached hydrogens (tertiary/aromatic N) is 2. The van der Waals surface area contributed by atoms with Gasteiger partial charge >= 0.3 is 0 Å². The van der Waals surface area contributed by atoms with Crippen LogP contribution in [0.2, 0.25) is 0 Å². The number of hydrogen-bond acceptors (Lipinski definition) is 3. The van der Waals surface area contributed by atoms with Crippen LogP contribution in [0.1, 0.15) is 52.5 Å². The fourth-order valence-electron chi connectivity index (χ4n) is 2.97. The second-order valence-electron chi connectivity index (χ2n) is 5.13. The number of carbonyl (C=O) groups is 2. The highest BCUT2D eigenvalue weighted by Gasteiger charge is 2.40. The molecule has 4 nitrogen and oxygen atoms in total. The minimum Gasteiger partial charge on any atom is -0.267 e. The second-order valence-corrected chi connectivity index (χ2v) is 5.13. The van der Waals surface area contributed by atoms with Crippen molar-refractivity contribution in [1.82, 2.24) is 10.0 Å². The fourth-order valence-corrected chi connectivity index (χ4v) is 2.97. The lowest BCUT2D eigenvalue weighted by molar-refractivity contribution is -0.00685. The van der Waals surface area contributed by atoms with Gasteiger partial charge in [-0.15, -0.1) is 12.4 Å². The zero-order valence-corrected chi connectivity index (χ0v) is 12.4. The van der Waals surface area contributed by atoms with E-state index in [0.29, 0.717) is 11.1 Å². The molecule has 0 aromatic heterocycles. The third-order valence-corrected chi connectivity index (χ3v) is 3.98. The average molecular weight is 295 g/mol. The van der Waals surface area contributed by atoms with Gasteiger partial charge in [-0.1, -0.05) is 25.5 Å². The zero-order chi connectivity index (χ0) is 13.4. The van der Waals surface area contributed by atoms with Gasteiger partial charge in [-0.2, -0.15) is 0 Å². The monoisotopic (exact) mass is 294 g/mol. The van der Waals surface area contributed by atoms with Crippen LogP contribution in [0.5, 0.6) is 0 Å². The summed E-state index contributed by atoms with van der Waals surface area (Å²) in [6.45, 7) is 3.61. The minimum atomic E-state index is -0.155. The van der Waals surface area contributed by atoms with Gasteiger partial charge in [-0.3, -0.25) is 9.59 Å². The zero-order valence-electron chi connectivity index (χ0n) is 11.6. The number of hydrazine groups is 1. The predicted molar refractivity (Wildman–Crippen MR) is 79.0 cm³/mol. The first-order valence-corrected chi connectivity index (χ1v) is 6.99. The molecule has 1 fully saturated rings. The van der Waals surface area contributed by atoms with E-state index in [1.165, 1.54) is 11.4 Å². The van der Waals surface area contributed by atoms with Gasteiger partial charge in [-0.05, 0) is 30.9 Å². The number of fused-ring (bicyclic) bond motifs is 1. The number of benzene rings is 1. The highest BCUT2D eigenvalue weighted by atomic mass is 35.5. The van der Waals surface area contributed by atoms with Crippen molar-refractivity contribution >= 4 is 24.2 Å². The van der Waals surface area contributed by atoms with Gasteiger partial charge in [-0.25, -0.2) is 10.0 Å². The molecule has 0 saturated carbocycles. The van der Waals surface area contributed by atoms with E-state index in [0.717, 1.165) is 37.9 Å². The highest BCUT2D eigenvalue weighted by Crippen LogP contribution is 2.28. The van der Waals surface area contributed by atoms with Crippen molar-refractivity contribution in [2.24, 2.45) is 0 Å². The van der Waals surface area contributed by atoms with Gasteiger partial charge in [0.25, 0.3) is 11.8 Å². The summed E-state index contributed by atoms with van der Waals surface area (Å²) in [5.41, 5.74) is 2.14. The van der Waals surface area contributed by atoms with E-state index < -0.39 is 0 Å². The van der Waals surface area contributed by atoms with Crippen LogP contribution in [-0.2, 0) is 6.42 Å². The van der Waals surface area contributed by atoms with Crippen molar-refractivity contribution in [3.63, 3.8) is 0 Å². The first-order chi connectivity index (χ1) is 9.24. The Morgan fingerprint density at radius 3 is 2.40 bits per heavy atom. The molecular formula is C15H19ClN2O2. The van der Waals surface area contributed by atoms with Crippen molar-refractivity contribution in [2.75, 3.05) is 13.1 Å². The smallest absolute Gasteiger partial charge is 0.267 e. The van der Waals surface area contributed by atoms with Crippen LogP contribution in [0.4, 0.5) is 0 Å². The lowest BCUT2D eigenvalue weighted by atomic mass is 10.0. The number of piperidine rings is 1. The number of amides is 2. The molecule has 5 heteroatoms. The summed E-state index contributed by atoms with van der Waals surface area (Å²) in [5.74, 6) is -0.295. The first kappa shape index (κ1) is 15.0. The van der Waals surface area contributed by atoms with E-state index in [9.17, 15) is 9.59 Å². The maximum Gasteiger partial charge on any atom is 0.276 e. The van der Waals surface area contributed by atoms with E-state index in [-0.39, 0.29) is 24.2 Å². The van der Waals surface area contributed by atoms with Crippen molar-refractivity contribution in [2.45, 2.75) is 32.6 Å². The first-order valence-electron chi connectivity index (χ1n) is 6.99. The molecule has 108 valence electrons. The van der Waals surface area contributed by atoms with Crippen LogP contribution in [0, 0.1) is 0 Å². The average Bonchev–Trinajstić information content (AvgIpc) is 2.72. The third kappa shape index (κ3) is 2.23. The summed E-state index contributed by atoms with van der Waals surface area (Å²) in [4.78, 5) is 25.0. The number of halogens is 1. The number of hydrogen-bond donors (Lipinski definition) is 0. The van der Waals surface area contributed by atoms with E-state index in [1.54, 1.807) is 6.07 Å². The normalized spacial score (nSPS) is 18.9. The Kier molecular flexibility index (Phi) is 4.45. The third-order valence-electron chi connectivity index (χ3n) is 3.98. The van der Waals surface area contributed by atoms with Crippen LogP contribution in [-0.4, -0.2) is 34.9 Å². The van der Waals surface area contributed by atoms with Crippen LogP contribution >= 0.6 is 12.4 Å². The molecule has 1 aromatic carbocycles. The quantitative estimate of drug-likeness (QED) is 0.788. The van der Waals surface area contributed by atoms with Crippen molar-refractivity contribution in [3.8, 4) is 0 Å². The summed E-state index contributed by atoms with van der Waals surface area (Å²) >= 11 is 0. The molecule has 1 saturated heterocycles. The molecule has 20 heavy (non-hydrogen) atoms. The maximum absolute atomic E-state index is 12.5. The topological polar surface area (TPSA) is 40.6 Å². The molecule has 0 radical (unpaired) electrons. The number of rotatable bonds is 2. The Hall–Kier alpha value is -1.39. The molecule has 2 amide bonds. The van der Waals surface area contributed by atoms with E-state index in [2.05, 4.69) is 0 Å². The Morgan fingerprint density at radius 2 is 1.75 bits per heavy atom. The van der Waals surface area contributed by atoms with Crippen molar-refractivity contribution in [3.05, 3.63) is 34.9 Å². The molecule has 0 N–H and O–H groups in total. The van der Waals surface area contributed by atoms with Gasteiger partial charge < -0.3 is 0 Å². The van der Waals surface area contributed by atoms with Crippen molar-refractivity contribution in [1.29, 1.82) is 0 Å². The molecule has 0 unspecified atom stereocenters. The van der Waals surface area contributed by atoms with Gasteiger partial charge in [0, 0.05) is 13.1 Å². The molecule has 3 rings (SSSR count). The molecule has 0 spiro atoms. The summed E-state index contributed by atoms with van der Waals surface area (Å²) in [5, 5.41) is 3.27. The number of carbonyl (C=O) groups excluding carboxylic acids is 2. The number of aryl methyl sites for hydroxylation is 1. The minimum absolute atomic E-state index is 0. The predicted octanol–water partition coefficient (Wildman–Crippen LogP) is 2.67.